The molecule has 1 fully saturated rings. The molecular weight excluding hydrogens is 348 g/mol. The monoisotopic (exact) mass is 378 g/mol. The Labute approximate surface area is 167 Å². The first-order chi connectivity index (χ1) is 13.6. The molecule has 3 rings (SSSR count). The Morgan fingerprint density at radius 3 is 2.46 bits per heavy atom. The predicted octanol–water partition coefficient (Wildman–Crippen LogP) is 3.82. The molecule has 5 nitrogen and oxygen atoms in total. The number of hydrogen-bond donors (Lipinski definition) is 3. The fraction of sp³-hybridized carbons (Fsp3) is 0.391. The van der Waals surface area contributed by atoms with Crippen LogP contribution in [-0.4, -0.2) is 25.5 Å². The van der Waals surface area contributed by atoms with Gasteiger partial charge in [-0.3, -0.25) is 9.79 Å². The third-order valence-corrected chi connectivity index (χ3v) is 5.47. The van der Waals surface area contributed by atoms with Crippen LogP contribution in [0, 0.1) is 0 Å². The predicted molar refractivity (Wildman–Crippen MR) is 116 cm³/mol. The van der Waals surface area contributed by atoms with E-state index in [1.54, 1.807) is 7.05 Å². The molecule has 0 aliphatic heterocycles. The molecule has 0 unspecified atom stereocenters. The summed E-state index contributed by atoms with van der Waals surface area (Å²) in [6, 6.07) is 18.7. The van der Waals surface area contributed by atoms with Gasteiger partial charge in [0, 0.05) is 38.2 Å². The second kappa shape index (κ2) is 9.40. The molecule has 148 valence electrons. The van der Waals surface area contributed by atoms with Crippen molar-refractivity contribution in [2.75, 3.05) is 18.9 Å². The van der Waals surface area contributed by atoms with Crippen molar-refractivity contribution >= 4 is 17.6 Å². The molecule has 2 aromatic carbocycles. The standard InChI is InChI=1S/C23H30N4O/c1-18(28)27-21-12-8-9-19(15-21)16-25-22(24-2)26-17-23(13-6-7-14-23)20-10-4-3-5-11-20/h3-5,8-12,15H,6-7,13-14,16-17H2,1-2H3,(H,27,28)(H2,24,25,26). The van der Waals surface area contributed by atoms with Crippen LogP contribution in [-0.2, 0) is 16.8 Å². The molecule has 1 saturated carbocycles. The largest absolute Gasteiger partial charge is 0.356 e. The van der Waals surface area contributed by atoms with Gasteiger partial charge in [-0.1, -0.05) is 55.3 Å². The molecule has 0 atom stereocenters. The summed E-state index contributed by atoms with van der Waals surface area (Å²) in [5, 5.41) is 9.74. The zero-order valence-corrected chi connectivity index (χ0v) is 16.8. The van der Waals surface area contributed by atoms with Crippen molar-refractivity contribution in [3.05, 3.63) is 65.7 Å². The van der Waals surface area contributed by atoms with Crippen LogP contribution in [0.1, 0.15) is 43.7 Å². The average Bonchev–Trinajstić information content (AvgIpc) is 3.19. The van der Waals surface area contributed by atoms with E-state index in [-0.39, 0.29) is 11.3 Å². The van der Waals surface area contributed by atoms with E-state index < -0.39 is 0 Å². The van der Waals surface area contributed by atoms with E-state index in [4.69, 9.17) is 0 Å². The molecule has 28 heavy (non-hydrogen) atoms. The van der Waals surface area contributed by atoms with E-state index in [2.05, 4.69) is 51.3 Å². The molecular formula is C23H30N4O. The van der Waals surface area contributed by atoms with Crippen LogP contribution in [0.2, 0.25) is 0 Å². The average molecular weight is 379 g/mol. The first kappa shape index (κ1) is 19.9. The lowest BCUT2D eigenvalue weighted by atomic mass is 9.79. The third kappa shape index (κ3) is 5.12. The summed E-state index contributed by atoms with van der Waals surface area (Å²) in [7, 11) is 1.80. The van der Waals surface area contributed by atoms with Gasteiger partial charge in [-0.05, 0) is 36.1 Å². The van der Waals surface area contributed by atoms with Gasteiger partial charge in [0.05, 0.1) is 0 Å². The summed E-state index contributed by atoms with van der Waals surface area (Å²) in [5.41, 5.74) is 3.50. The number of anilines is 1. The molecule has 0 radical (unpaired) electrons. The van der Waals surface area contributed by atoms with E-state index in [9.17, 15) is 4.79 Å². The fourth-order valence-electron chi connectivity index (χ4n) is 4.03. The minimum atomic E-state index is -0.0645. The second-order valence-electron chi connectivity index (χ2n) is 7.51. The van der Waals surface area contributed by atoms with Crippen LogP contribution in [0.4, 0.5) is 5.69 Å². The number of carbonyl (C=O) groups is 1. The SMILES string of the molecule is CN=C(NCc1cccc(NC(C)=O)c1)NCC1(c2ccccc2)CCCC1. The van der Waals surface area contributed by atoms with Crippen LogP contribution >= 0.6 is 0 Å². The molecule has 0 bridgehead atoms. The Hall–Kier alpha value is -2.82. The van der Waals surface area contributed by atoms with E-state index >= 15 is 0 Å². The highest BCUT2D eigenvalue weighted by Gasteiger charge is 2.35. The smallest absolute Gasteiger partial charge is 0.221 e. The van der Waals surface area contributed by atoms with Gasteiger partial charge in [0.1, 0.15) is 0 Å². The van der Waals surface area contributed by atoms with Crippen molar-refractivity contribution in [3.63, 3.8) is 0 Å². The van der Waals surface area contributed by atoms with Gasteiger partial charge in [-0.2, -0.15) is 0 Å². The summed E-state index contributed by atoms with van der Waals surface area (Å²) < 4.78 is 0. The van der Waals surface area contributed by atoms with E-state index in [1.165, 1.54) is 38.2 Å². The quantitative estimate of drug-likeness (QED) is 0.529. The van der Waals surface area contributed by atoms with E-state index in [0.717, 1.165) is 23.8 Å². The molecule has 3 N–H and O–H groups in total. The highest BCUT2D eigenvalue weighted by atomic mass is 16.1. The highest BCUT2D eigenvalue weighted by molar-refractivity contribution is 5.88. The minimum absolute atomic E-state index is 0.0645. The van der Waals surface area contributed by atoms with Crippen LogP contribution in [0.5, 0.6) is 0 Å². The van der Waals surface area contributed by atoms with E-state index in [1.807, 2.05) is 24.3 Å². The normalized spacial score (nSPS) is 15.9. The van der Waals surface area contributed by atoms with Crippen molar-refractivity contribution in [2.45, 2.75) is 44.6 Å². The van der Waals surface area contributed by atoms with Crippen molar-refractivity contribution in [1.29, 1.82) is 0 Å². The summed E-state index contributed by atoms with van der Waals surface area (Å²) >= 11 is 0. The molecule has 1 amide bonds. The van der Waals surface area contributed by atoms with Gasteiger partial charge in [0.2, 0.25) is 5.91 Å². The number of amides is 1. The Balaban J connectivity index is 1.59. The lowest BCUT2D eigenvalue weighted by Gasteiger charge is -2.30. The van der Waals surface area contributed by atoms with Crippen molar-refractivity contribution in [1.82, 2.24) is 10.6 Å². The van der Waals surface area contributed by atoms with Gasteiger partial charge in [0.25, 0.3) is 0 Å². The number of carbonyl (C=O) groups excluding carboxylic acids is 1. The minimum Gasteiger partial charge on any atom is -0.356 e. The number of rotatable bonds is 6. The first-order valence-electron chi connectivity index (χ1n) is 9.98. The zero-order chi connectivity index (χ0) is 19.8. The van der Waals surface area contributed by atoms with Crippen molar-refractivity contribution in [2.24, 2.45) is 4.99 Å². The number of nitrogens with one attached hydrogen (secondary N) is 3. The molecule has 5 heteroatoms. The van der Waals surface area contributed by atoms with Crippen LogP contribution in [0.25, 0.3) is 0 Å². The Morgan fingerprint density at radius 2 is 1.79 bits per heavy atom. The maximum atomic E-state index is 11.2. The van der Waals surface area contributed by atoms with E-state index in [0.29, 0.717) is 6.54 Å². The maximum absolute atomic E-state index is 11.2. The second-order valence-corrected chi connectivity index (χ2v) is 7.51. The van der Waals surface area contributed by atoms with Gasteiger partial charge in [0.15, 0.2) is 5.96 Å². The lowest BCUT2D eigenvalue weighted by molar-refractivity contribution is -0.114. The van der Waals surface area contributed by atoms with Crippen molar-refractivity contribution in [3.8, 4) is 0 Å². The Bertz CT molecular complexity index is 810. The van der Waals surface area contributed by atoms with Crippen LogP contribution in [0.3, 0.4) is 0 Å². The molecule has 0 aromatic heterocycles. The number of hydrogen-bond acceptors (Lipinski definition) is 2. The van der Waals surface area contributed by atoms with Gasteiger partial charge < -0.3 is 16.0 Å². The van der Waals surface area contributed by atoms with Gasteiger partial charge in [-0.15, -0.1) is 0 Å². The van der Waals surface area contributed by atoms with Crippen molar-refractivity contribution < 1.29 is 4.79 Å². The highest BCUT2D eigenvalue weighted by Crippen LogP contribution is 2.40. The molecule has 0 saturated heterocycles. The number of guanidine groups is 1. The van der Waals surface area contributed by atoms with Crippen LogP contribution in [0.15, 0.2) is 59.6 Å². The molecule has 1 aliphatic carbocycles. The number of nitrogens with zero attached hydrogens (tertiary/aromatic N) is 1. The third-order valence-electron chi connectivity index (χ3n) is 5.47. The summed E-state index contributed by atoms with van der Waals surface area (Å²) in [6.45, 7) is 3.04. The molecule has 0 spiro atoms. The molecule has 0 heterocycles. The van der Waals surface area contributed by atoms with Gasteiger partial charge in [-0.25, -0.2) is 0 Å². The lowest BCUT2D eigenvalue weighted by Crippen LogP contribution is -2.44. The molecule has 1 aliphatic rings. The molecule has 2 aromatic rings. The Morgan fingerprint density at radius 1 is 1.04 bits per heavy atom. The van der Waals surface area contributed by atoms with Gasteiger partial charge >= 0.3 is 0 Å². The summed E-state index contributed by atoms with van der Waals surface area (Å²) in [5.74, 6) is 0.734. The maximum Gasteiger partial charge on any atom is 0.221 e. The first-order valence-corrected chi connectivity index (χ1v) is 9.98. The number of benzene rings is 2. The fourth-order valence-corrected chi connectivity index (χ4v) is 4.03. The topological polar surface area (TPSA) is 65.5 Å². The number of aliphatic imine (C=N–C) groups is 1. The zero-order valence-electron chi connectivity index (χ0n) is 16.8. The summed E-state index contributed by atoms with van der Waals surface area (Å²) in [6.07, 6.45) is 4.97. The summed E-state index contributed by atoms with van der Waals surface area (Å²) in [4.78, 5) is 15.6. The van der Waals surface area contributed by atoms with Crippen LogP contribution < -0.4 is 16.0 Å². The Kier molecular flexibility index (Phi) is 6.69.